The Labute approximate surface area is 107 Å². The van der Waals surface area contributed by atoms with Crippen molar-refractivity contribution in [1.82, 2.24) is 0 Å². The first-order valence-corrected chi connectivity index (χ1v) is 6.27. The van der Waals surface area contributed by atoms with Crippen molar-refractivity contribution in [2.45, 2.75) is 25.0 Å². The molecule has 1 aromatic rings. The molecule has 2 nitrogen and oxygen atoms in total. The van der Waals surface area contributed by atoms with Gasteiger partial charge in [0.1, 0.15) is 0 Å². The Balaban J connectivity index is 1.90. The van der Waals surface area contributed by atoms with Gasteiger partial charge in [-0.15, -0.1) is 0 Å². The van der Waals surface area contributed by atoms with E-state index < -0.39 is 0 Å². The summed E-state index contributed by atoms with van der Waals surface area (Å²) in [6, 6.07) is 10.2. The van der Waals surface area contributed by atoms with Crippen molar-refractivity contribution >= 4 is 0 Å². The molecule has 2 atom stereocenters. The average Bonchev–Trinajstić information content (AvgIpc) is 2.83. The highest BCUT2D eigenvalue weighted by Crippen LogP contribution is 2.39. The zero-order valence-electron chi connectivity index (χ0n) is 10.2. The monoisotopic (exact) mass is 240 g/mol. The van der Waals surface area contributed by atoms with Crippen LogP contribution in [0.3, 0.4) is 0 Å². The van der Waals surface area contributed by atoms with Crippen LogP contribution in [0, 0.1) is 0 Å². The Morgan fingerprint density at radius 1 is 1.06 bits per heavy atom. The molecule has 1 fully saturated rings. The van der Waals surface area contributed by atoms with Crippen molar-refractivity contribution in [2.24, 2.45) is 0 Å². The van der Waals surface area contributed by atoms with Crippen LogP contribution in [-0.2, 0) is 9.47 Å². The van der Waals surface area contributed by atoms with Crippen molar-refractivity contribution in [2.75, 3.05) is 0 Å². The second kappa shape index (κ2) is 4.73. The van der Waals surface area contributed by atoms with E-state index in [0.29, 0.717) is 5.95 Å². The van der Waals surface area contributed by atoms with E-state index in [2.05, 4.69) is 36.9 Å². The third-order valence-corrected chi connectivity index (χ3v) is 3.33. The van der Waals surface area contributed by atoms with Gasteiger partial charge in [0, 0.05) is 0 Å². The maximum absolute atomic E-state index is 5.75. The molecule has 18 heavy (non-hydrogen) atoms. The van der Waals surface area contributed by atoms with Gasteiger partial charge < -0.3 is 9.47 Å². The van der Waals surface area contributed by atoms with E-state index in [0.717, 1.165) is 18.4 Å². The molecule has 0 bridgehead atoms. The smallest absolute Gasteiger partial charge is 0.273 e. The first-order chi connectivity index (χ1) is 8.84. The summed E-state index contributed by atoms with van der Waals surface area (Å²) in [5, 5.41) is 0. The standard InChI is InChI=1S/C16H16O2/c1-12-17-15(13-8-4-2-5-9-13)16(18-12)14-10-6-3-7-11-14/h2-6,8-10,15-16H,1,7,11H2. The van der Waals surface area contributed by atoms with Gasteiger partial charge in [-0.2, -0.15) is 0 Å². The fourth-order valence-electron chi connectivity index (χ4n) is 2.45. The maximum atomic E-state index is 5.75. The largest absolute Gasteiger partial charge is 0.454 e. The van der Waals surface area contributed by atoms with Crippen molar-refractivity contribution in [1.29, 1.82) is 0 Å². The van der Waals surface area contributed by atoms with Crippen LogP contribution in [0.5, 0.6) is 0 Å². The molecule has 0 N–H and O–H groups in total. The van der Waals surface area contributed by atoms with Gasteiger partial charge in [0.05, 0.1) is 0 Å². The summed E-state index contributed by atoms with van der Waals surface area (Å²) in [5.41, 5.74) is 2.42. The maximum Gasteiger partial charge on any atom is 0.273 e. The Hall–Kier alpha value is -1.96. The highest BCUT2D eigenvalue weighted by Gasteiger charge is 2.36. The van der Waals surface area contributed by atoms with Crippen LogP contribution in [0.25, 0.3) is 0 Å². The summed E-state index contributed by atoms with van der Waals surface area (Å²) in [6.07, 6.45) is 8.38. The fraction of sp³-hybridized carbons (Fsp3) is 0.250. The van der Waals surface area contributed by atoms with E-state index in [9.17, 15) is 0 Å². The molecule has 1 saturated heterocycles. The zero-order valence-corrected chi connectivity index (χ0v) is 10.2. The number of benzene rings is 1. The second-order valence-electron chi connectivity index (χ2n) is 4.57. The molecule has 1 aromatic carbocycles. The third-order valence-electron chi connectivity index (χ3n) is 3.33. The molecule has 0 saturated carbocycles. The molecule has 2 heteroatoms. The third kappa shape index (κ3) is 2.06. The lowest BCUT2D eigenvalue weighted by molar-refractivity contribution is 0.144. The normalized spacial score (nSPS) is 26.4. The van der Waals surface area contributed by atoms with Crippen molar-refractivity contribution in [3.8, 4) is 0 Å². The Morgan fingerprint density at radius 3 is 2.56 bits per heavy atom. The topological polar surface area (TPSA) is 18.5 Å². The van der Waals surface area contributed by atoms with Crippen molar-refractivity contribution in [3.05, 3.63) is 72.2 Å². The van der Waals surface area contributed by atoms with Crippen LogP contribution >= 0.6 is 0 Å². The number of hydrogen-bond donors (Lipinski definition) is 0. The van der Waals surface area contributed by atoms with Crippen molar-refractivity contribution < 1.29 is 9.47 Å². The summed E-state index contributed by atoms with van der Waals surface area (Å²) in [7, 11) is 0. The number of allylic oxidation sites excluding steroid dienone is 3. The summed E-state index contributed by atoms with van der Waals surface area (Å²) < 4.78 is 11.5. The quantitative estimate of drug-likeness (QED) is 0.780. The first-order valence-electron chi connectivity index (χ1n) is 6.27. The van der Waals surface area contributed by atoms with E-state index in [1.807, 2.05) is 18.2 Å². The minimum atomic E-state index is -0.0727. The van der Waals surface area contributed by atoms with Gasteiger partial charge in [0.15, 0.2) is 12.2 Å². The van der Waals surface area contributed by atoms with Crippen LogP contribution in [0.15, 0.2) is 66.7 Å². The van der Waals surface area contributed by atoms with Crippen LogP contribution in [-0.4, -0.2) is 6.10 Å². The van der Waals surface area contributed by atoms with E-state index >= 15 is 0 Å². The molecule has 2 unspecified atom stereocenters. The number of rotatable bonds is 2. The molecule has 0 spiro atoms. The van der Waals surface area contributed by atoms with Gasteiger partial charge in [-0.05, 0) is 30.6 Å². The first kappa shape index (κ1) is 11.1. The summed E-state index contributed by atoms with van der Waals surface area (Å²) in [6.45, 7) is 3.79. The molecule has 0 radical (unpaired) electrons. The molecular formula is C16H16O2. The predicted octanol–water partition coefficient (Wildman–Crippen LogP) is 3.89. The fourth-order valence-corrected chi connectivity index (χ4v) is 2.45. The molecule has 0 aromatic heterocycles. The van der Waals surface area contributed by atoms with E-state index in [1.54, 1.807) is 0 Å². The van der Waals surface area contributed by atoms with Gasteiger partial charge in [0.25, 0.3) is 5.95 Å². The van der Waals surface area contributed by atoms with Crippen molar-refractivity contribution in [3.63, 3.8) is 0 Å². The summed E-state index contributed by atoms with van der Waals surface area (Å²) in [4.78, 5) is 0. The lowest BCUT2D eigenvalue weighted by atomic mass is 9.93. The van der Waals surface area contributed by atoms with Gasteiger partial charge in [-0.25, -0.2) is 0 Å². The molecule has 1 aliphatic carbocycles. The molecule has 0 amide bonds. The molecule has 92 valence electrons. The molecule has 1 heterocycles. The van der Waals surface area contributed by atoms with Gasteiger partial charge in [0.2, 0.25) is 0 Å². The molecule has 1 aliphatic heterocycles. The van der Waals surface area contributed by atoms with Crippen LogP contribution in [0.1, 0.15) is 24.5 Å². The molecular weight excluding hydrogens is 224 g/mol. The molecule has 2 aliphatic rings. The Kier molecular flexibility index (Phi) is 2.93. The second-order valence-corrected chi connectivity index (χ2v) is 4.57. The summed E-state index contributed by atoms with van der Waals surface area (Å²) in [5.74, 6) is 0.421. The minimum Gasteiger partial charge on any atom is -0.454 e. The number of hydrogen-bond acceptors (Lipinski definition) is 2. The van der Waals surface area contributed by atoms with Gasteiger partial charge in [-0.1, -0.05) is 48.6 Å². The lowest BCUT2D eigenvalue weighted by Gasteiger charge is -2.20. The molecule has 3 rings (SSSR count). The SMILES string of the molecule is C=C1OC(C2=CC=CCC2)C(c2ccccc2)O1. The average molecular weight is 240 g/mol. The zero-order chi connectivity index (χ0) is 12.4. The highest BCUT2D eigenvalue weighted by molar-refractivity contribution is 5.29. The highest BCUT2D eigenvalue weighted by atomic mass is 16.7. The number of ether oxygens (including phenoxy) is 2. The van der Waals surface area contributed by atoms with E-state index in [4.69, 9.17) is 9.47 Å². The van der Waals surface area contributed by atoms with Crippen LogP contribution in [0.2, 0.25) is 0 Å². The van der Waals surface area contributed by atoms with E-state index in [1.165, 1.54) is 5.57 Å². The van der Waals surface area contributed by atoms with Gasteiger partial charge >= 0.3 is 0 Å². The predicted molar refractivity (Wildman–Crippen MR) is 70.7 cm³/mol. The Bertz CT molecular complexity index is 499. The van der Waals surface area contributed by atoms with Crippen LogP contribution < -0.4 is 0 Å². The van der Waals surface area contributed by atoms with Crippen LogP contribution in [0.4, 0.5) is 0 Å². The Morgan fingerprint density at radius 2 is 1.83 bits per heavy atom. The minimum absolute atomic E-state index is 0.0372. The summed E-state index contributed by atoms with van der Waals surface area (Å²) >= 11 is 0. The van der Waals surface area contributed by atoms with E-state index in [-0.39, 0.29) is 12.2 Å². The lowest BCUT2D eigenvalue weighted by Crippen LogP contribution is -2.18. The van der Waals surface area contributed by atoms with Gasteiger partial charge in [-0.3, -0.25) is 0 Å².